The van der Waals surface area contributed by atoms with E-state index in [1.54, 1.807) is 24.3 Å². The second kappa shape index (κ2) is 5.68. The van der Waals surface area contributed by atoms with Crippen LogP contribution in [0.5, 0.6) is 5.75 Å². The number of halogens is 1. The highest BCUT2D eigenvalue weighted by Gasteiger charge is 2.19. The van der Waals surface area contributed by atoms with Gasteiger partial charge in [-0.05, 0) is 49.2 Å². The number of anilines is 1. The van der Waals surface area contributed by atoms with Gasteiger partial charge in [0, 0.05) is 6.66 Å². The SMILES string of the molecule is Cc1cc(C)cc(O[P@](C)(=O)Nc2ccccc2F)c1. The Bertz CT molecular complexity index is 652. The third kappa shape index (κ3) is 3.84. The first-order valence-electron chi connectivity index (χ1n) is 6.24. The van der Waals surface area contributed by atoms with Gasteiger partial charge < -0.3 is 9.61 Å². The summed E-state index contributed by atoms with van der Waals surface area (Å²) in [7, 11) is -3.19. The van der Waals surface area contributed by atoms with E-state index in [2.05, 4.69) is 5.09 Å². The van der Waals surface area contributed by atoms with Crippen LogP contribution in [0.15, 0.2) is 42.5 Å². The van der Waals surface area contributed by atoms with Crippen molar-refractivity contribution in [1.29, 1.82) is 0 Å². The largest absolute Gasteiger partial charge is 0.429 e. The predicted octanol–water partition coefficient (Wildman–Crippen LogP) is 4.76. The molecule has 0 saturated heterocycles. The van der Waals surface area contributed by atoms with Crippen molar-refractivity contribution >= 4 is 13.2 Å². The van der Waals surface area contributed by atoms with Gasteiger partial charge in [-0.15, -0.1) is 0 Å². The molecule has 1 atom stereocenters. The third-order valence-corrected chi connectivity index (χ3v) is 3.88. The molecule has 0 amide bonds. The minimum Gasteiger partial charge on any atom is -0.429 e. The van der Waals surface area contributed by atoms with E-state index in [-0.39, 0.29) is 5.69 Å². The Balaban J connectivity index is 2.19. The van der Waals surface area contributed by atoms with Crippen molar-refractivity contribution in [2.24, 2.45) is 0 Å². The Morgan fingerprint density at radius 2 is 1.70 bits per heavy atom. The van der Waals surface area contributed by atoms with E-state index in [0.717, 1.165) is 11.1 Å². The number of hydrogen-bond donors (Lipinski definition) is 1. The molecule has 2 aromatic rings. The maximum atomic E-state index is 13.5. The Labute approximate surface area is 118 Å². The van der Waals surface area contributed by atoms with Gasteiger partial charge in [-0.2, -0.15) is 0 Å². The molecule has 0 radical (unpaired) electrons. The van der Waals surface area contributed by atoms with E-state index in [1.165, 1.54) is 18.8 Å². The molecular formula is C15H17FNO2P. The van der Waals surface area contributed by atoms with E-state index in [9.17, 15) is 8.96 Å². The van der Waals surface area contributed by atoms with Crippen LogP contribution in [-0.4, -0.2) is 6.66 Å². The number of rotatable bonds is 4. The lowest BCUT2D eigenvalue weighted by molar-refractivity contribution is 0.492. The van der Waals surface area contributed by atoms with Gasteiger partial charge in [0.15, 0.2) is 0 Å². The Hall–Kier alpha value is -1.80. The molecule has 0 bridgehead atoms. The van der Waals surface area contributed by atoms with Crippen molar-refractivity contribution < 1.29 is 13.5 Å². The molecule has 3 nitrogen and oxygen atoms in total. The van der Waals surface area contributed by atoms with Crippen LogP contribution in [0.1, 0.15) is 11.1 Å². The number of hydrogen-bond acceptors (Lipinski definition) is 2. The average molecular weight is 293 g/mol. The maximum Gasteiger partial charge on any atom is 0.338 e. The molecule has 106 valence electrons. The lowest BCUT2D eigenvalue weighted by Gasteiger charge is -2.18. The smallest absolute Gasteiger partial charge is 0.338 e. The van der Waals surface area contributed by atoms with Gasteiger partial charge in [0.2, 0.25) is 0 Å². The zero-order valence-electron chi connectivity index (χ0n) is 11.7. The first kappa shape index (κ1) is 14.6. The van der Waals surface area contributed by atoms with E-state index in [4.69, 9.17) is 4.52 Å². The molecule has 0 heterocycles. The van der Waals surface area contributed by atoms with Crippen LogP contribution in [0.4, 0.5) is 10.1 Å². The molecule has 1 N–H and O–H groups in total. The lowest BCUT2D eigenvalue weighted by Crippen LogP contribution is -2.04. The minimum atomic E-state index is -3.19. The summed E-state index contributed by atoms with van der Waals surface area (Å²) in [6, 6.07) is 11.7. The molecule has 0 saturated carbocycles. The first-order valence-corrected chi connectivity index (χ1v) is 8.31. The Morgan fingerprint density at radius 1 is 1.10 bits per heavy atom. The standard InChI is InChI=1S/C15H17FNO2P/c1-11-8-12(2)10-13(9-11)19-20(3,18)17-15-7-5-4-6-14(15)16/h4-10H,1-3H3,(H,17,18)/t20-/m0/s1. The normalized spacial score (nSPS) is 13.6. The van der Waals surface area contributed by atoms with Crippen LogP contribution >= 0.6 is 7.52 Å². The molecule has 2 rings (SSSR count). The van der Waals surface area contributed by atoms with E-state index in [0.29, 0.717) is 5.75 Å². The van der Waals surface area contributed by atoms with Crippen LogP contribution in [0.2, 0.25) is 0 Å². The summed E-state index contributed by atoms with van der Waals surface area (Å²) in [5.41, 5.74) is 2.21. The molecule has 0 aliphatic heterocycles. The van der Waals surface area contributed by atoms with Gasteiger partial charge >= 0.3 is 7.52 Å². The van der Waals surface area contributed by atoms with Crippen molar-refractivity contribution in [3.05, 3.63) is 59.4 Å². The summed E-state index contributed by atoms with van der Waals surface area (Å²) in [6.07, 6.45) is 0. The van der Waals surface area contributed by atoms with Gasteiger partial charge in [0.25, 0.3) is 0 Å². The molecule has 5 heteroatoms. The average Bonchev–Trinajstić information content (AvgIpc) is 2.29. The number of aryl methyl sites for hydroxylation is 2. The van der Waals surface area contributed by atoms with Gasteiger partial charge in [-0.1, -0.05) is 18.2 Å². The summed E-state index contributed by atoms with van der Waals surface area (Å²) in [6.45, 7) is 5.30. The molecular weight excluding hydrogens is 276 g/mol. The highest BCUT2D eigenvalue weighted by molar-refractivity contribution is 7.60. The molecule has 0 fully saturated rings. The van der Waals surface area contributed by atoms with Crippen molar-refractivity contribution in [2.45, 2.75) is 13.8 Å². The maximum absolute atomic E-state index is 13.5. The van der Waals surface area contributed by atoms with Crippen LogP contribution in [0, 0.1) is 19.7 Å². The van der Waals surface area contributed by atoms with Crippen molar-refractivity contribution in [3.63, 3.8) is 0 Å². The number of benzene rings is 2. The number of nitrogens with one attached hydrogen (secondary N) is 1. The van der Waals surface area contributed by atoms with E-state index in [1.807, 2.05) is 19.9 Å². The van der Waals surface area contributed by atoms with Crippen molar-refractivity contribution in [3.8, 4) is 5.75 Å². The fourth-order valence-electron chi connectivity index (χ4n) is 1.98. The molecule has 0 unspecified atom stereocenters. The van der Waals surface area contributed by atoms with Gasteiger partial charge in [0.1, 0.15) is 11.6 Å². The quantitative estimate of drug-likeness (QED) is 0.826. The zero-order chi connectivity index (χ0) is 14.8. The van der Waals surface area contributed by atoms with Gasteiger partial charge in [-0.3, -0.25) is 4.57 Å². The summed E-state index contributed by atoms with van der Waals surface area (Å²) in [5.74, 6) is 0.0516. The zero-order valence-corrected chi connectivity index (χ0v) is 12.6. The van der Waals surface area contributed by atoms with Crippen molar-refractivity contribution in [1.82, 2.24) is 0 Å². The second-order valence-corrected chi connectivity index (χ2v) is 6.95. The first-order chi connectivity index (χ1) is 9.35. The summed E-state index contributed by atoms with van der Waals surface area (Å²) < 4.78 is 31.5. The lowest BCUT2D eigenvalue weighted by atomic mass is 10.1. The fraction of sp³-hybridized carbons (Fsp3) is 0.200. The van der Waals surface area contributed by atoms with Gasteiger partial charge in [-0.25, -0.2) is 4.39 Å². The monoisotopic (exact) mass is 293 g/mol. The highest BCUT2D eigenvalue weighted by Crippen LogP contribution is 2.44. The fourth-order valence-corrected chi connectivity index (χ4v) is 3.15. The minimum absolute atomic E-state index is 0.169. The second-order valence-electron chi connectivity index (χ2n) is 4.85. The summed E-state index contributed by atoms with van der Waals surface area (Å²) in [4.78, 5) is 0. The highest BCUT2D eigenvalue weighted by atomic mass is 31.2. The molecule has 0 spiro atoms. The third-order valence-electron chi connectivity index (χ3n) is 2.67. The molecule has 0 aliphatic carbocycles. The molecule has 0 aliphatic rings. The van der Waals surface area contributed by atoms with E-state index < -0.39 is 13.3 Å². The molecule has 20 heavy (non-hydrogen) atoms. The number of para-hydroxylation sites is 1. The Morgan fingerprint density at radius 3 is 2.30 bits per heavy atom. The van der Waals surface area contributed by atoms with Crippen LogP contribution in [-0.2, 0) is 4.57 Å². The Kier molecular flexibility index (Phi) is 4.15. The predicted molar refractivity (Wildman–Crippen MR) is 80.1 cm³/mol. The van der Waals surface area contributed by atoms with Crippen LogP contribution in [0.3, 0.4) is 0 Å². The molecule has 0 aromatic heterocycles. The van der Waals surface area contributed by atoms with Crippen molar-refractivity contribution in [2.75, 3.05) is 11.8 Å². The topological polar surface area (TPSA) is 38.3 Å². The van der Waals surface area contributed by atoms with Crippen LogP contribution < -0.4 is 9.61 Å². The van der Waals surface area contributed by atoms with Crippen LogP contribution in [0.25, 0.3) is 0 Å². The van der Waals surface area contributed by atoms with Gasteiger partial charge in [0.05, 0.1) is 5.69 Å². The summed E-state index contributed by atoms with van der Waals surface area (Å²) >= 11 is 0. The molecule has 2 aromatic carbocycles. The van der Waals surface area contributed by atoms with E-state index >= 15 is 0 Å². The summed E-state index contributed by atoms with van der Waals surface area (Å²) in [5, 5.41) is 2.63.